The normalized spacial score (nSPS) is 8.91. The Hall–Kier alpha value is -0.220. The Morgan fingerprint density at radius 2 is 1.36 bits per heavy atom. The minimum absolute atomic E-state index is 0.152. The molecule has 11 heavy (non-hydrogen) atoms. The quantitative estimate of drug-likeness (QED) is 0.503. The number of hydrogen-bond acceptors (Lipinski definition) is 4. The van der Waals surface area contributed by atoms with Crippen LogP contribution in [0.1, 0.15) is 26.7 Å². The Bertz CT molecular complexity index is 129. The molecule has 0 amide bonds. The summed E-state index contributed by atoms with van der Waals surface area (Å²) in [5, 5.41) is 1.12. The van der Waals surface area contributed by atoms with Gasteiger partial charge in [0.05, 0.1) is 0 Å². The van der Waals surface area contributed by atoms with Gasteiger partial charge >= 0.3 is 0 Å². The zero-order valence-corrected chi connectivity index (χ0v) is 8.39. The Labute approximate surface area is 77.9 Å². The van der Waals surface area contributed by atoms with Crippen LogP contribution in [-0.4, -0.2) is 16.9 Å². The van der Waals surface area contributed by atoms with E-state index in [1.54, 1.807) is 0 Å². The van der Waals surface area contributed by atoms with Gasteiger partial charge < -0.3 is 9.47 Å². The standard InChI is InChI=1S/C7H12O2S2/c1-3-6(10)8-5-9-7(11)4-2/h3-5H2,1-2H3. The Morgan fingerprint density at radius 1 is 1.00 bits per heavy atom. The summed E-state index contributed by atoms with van der Waals surface area (Å²) in [6.07, 6.45) is 1.47. The van der Waals surface area contributed by atoms with E-state index >= 15 is 0 Å². The monoisotopic (exact) mass is 192 g/mol. The van der Waals surface area contributed by atoms with E-state index in [-0.39, 0.29) is 6.79 Å². The van der Waals surface area contributed by atoms with Crippen LogP contribution < -0.4 is 0 Å². The lowest BCUT2D eigenvalue weighted by Gasteiger charge is -2.06. The molecular weight excluding hydrogens is 180 g/mol. The predicted molar refractivity (Wildman–Crippen MR) is 52.8 cm³/mol. The highest BCUT2D eigenvalue weighted by atomic mass is 32.1. The SMILES string of the molecule is CCC(=S)OCOC(=S)CC. The molecule has 0 unspecified atom stereocenters. The van der Waals surface area contributed by atoms with Gasteiger partial charge in [-0.25, -0.2) is 0 Å². The highest BCUT2D eigenvalue weighted by molar-refractivity contribution is 7.80. The third kappa shape index (κ3) is 6.19. The molecule has 0 bridgehead atoms. The predicted octanol–water partition coefficient (Wildman–Crippen LogP) is 2.45. The van der Waals surface area contributed by atoms with Gasteiger partial charge in [-0.1, -0.05) is 13.8 Å². The van der Waals surface area contributed by atoms with Crippen molar-refractivity contribution in [2.24, 2.45) is 0 Å². The molecule has 0 aliphatic rings. The fourth-order valence-corrected chi connectivity index (χ4v) is 0.461. The second-order valence-electron chi connectivity index (χ2n) is 1.86. The highest BCUT2D eigenvalue weighted by Gasteiger charge is 1.95. The molecule has 4 heteroatoms. The van der Waals surface area contributed by atoms with Gasteiger partial charge in [0.15, 0.2) is 10.1 Å². The molecule has 2 nitrogen and oxygen atoms in total. The molecule has 0 heterocycles. The topological polar surface area (TPSA) is 18.5 Å². The van der Waals surface area contributed by atoms with E-state index in [1.165, 1.54) is 0 Å². The van der Waals surface area contributed by atoms with Crippen molar-refractivity contribution in [2.75, 3.05) is 6.79 Å². The summed E-state index contributed by atoms with van der Waals surface area (Å²) in [5.41, 5.74) is 0. The summed E-state index contributed by atoms with van der Waals surface area (Å²) in [5.74, 6) is 0. The van der Waals surface area contributed by atoms with Gasteiger partial charge in [-0.2, -0.15) is 0 Å². The molecule has 0 aromatic carbocycles. The van der Waals surface area contributed by atoms with E-state index < -0.39 is 0 Å². The molecular formula is C7H12O2S2. The van der Waals surface area contributed by atoms with Gasteiger partial charge in [0.2, 0.25) is 6.79 Å². The summed E-state index contributed by atoms with van der Waals surface area (Å²) in [6.45, 7) is 4.01. The minimum atomic E-state index is 0.152. The van der Waals surface area contributed by atoms with Gasteiger partial charge in [0.25, 0.3) is 0 Å². The number of thiocarbonyl (C=S) groups is 2. The van der Waals surface area contributed by atoms with Gasteiger partial charge in [-0.15, -0.1) is 0 Å². The molecule has 0 saturated carbocycles. The first kappa shape index (κ1) is 10.8. The highest BCUT2D eigenvalue weighted by Crippen LogP contribution is 1.92. The first-order valence-electron chi connectivity index (χ1n) is 3.52. The molecule has 0 radical (unpaired) electrons. The van der Waals surface area contributed by atoms with Crippen LogP contribution >= 0.6 is 24.4 Å². The second-order valence-corrected chi connectivity index (χ2v) is 2.77. The maximum absolute atomic E-state index is 4.99. The zero-order chi connectivity index (χ0) is 8.69. The molecule has 0 aromatic rings. The van der Waals surface area contributed by atoms with E-state index in [9.17, 15) is 0 Å². The van der Waals surface area contributed by atoms with Gasteiger partial charge in [-0.3, -0.25) is 0 Å². The Kier molecular flexibility index (Phi) is 6.36. The molecule has 0 atom stereocenters. The van der Waals surface area contributed by atoms with Crippen LogP contribution in [0.4, 0.5) is 0 Å². The smallest absolute Gasteiger partial charge is 0.232 e. The fraction of sp³-hybridized carbons (Fsp3) is 0.714. The molecule has 0 fully saturated rings. The van der Waals surface area contributed by atoms with Gasteiger partial charge in [0.1, 0.15) is 0 Å². The van der Waals surface area contributed by atoms with Crippen LogP contribution in [-0.2, 0) is 9.47 Å². The van der Waals surface area contributed by atoms with E-state index in [0.29, 0.717) is 10.1 Å². The first-order chi connectivity index (χ1) is 5.20. The van der Waals surface area contributed by atoms with E-state index in [0.717, 1.165) is 12.8 Å². The van der Waals surface area contributed by atoms with Crippen molar-refractivity contribution < 1.29 is 9.47 Å². The summed E-state index contributed by atoms with van der Waals surface area (Å²) < 4.78 is 9.97. The average molecular weight is 192 g/mol. The summed E-state index contributed by atoms with van der Waals surface area (Å²) in [4.78, 5) is 0. The first-order valence-corrected chi connectivity index (χ1v) is 4.33. The third-order valence-corrected chi connectivity index (χ3v) is 1.83. The zero-order valence-electron chi connectivity index (χ0n) is 6.75. The van der Waals surface area contributed by atoms with Gasteiger partial charge in [-0.05, 0) is 24.4 Å². The van der Waals surface area contributed by atoms with E-state index in [2.05, 4.69) is 0 Å². The number of hydrogen-bond donors (Lipinski definition) is 0. The maximum atomic E-state index is 4.99. The number of ether oxygens (including phenoxy) is 2. The molecule has 0 N–H and O–H groups in total. The van der Waals surface area contributed by atoms with Crippen LogP contribution in [0.5, 0.6) is 0 Å². The van der Waals surface area contributed by atoms with Crippen LogP contribution in [0.25, 0.3) is 0 Å². The minimum Gasteiger partial charge on any atom is -0.451 e. The molecule has 0 rings (SSSR count). The van der Waals surface area contributed by atoms with Crippen LogP contribution in [0.3, 0.4) is 0 Å². The largest absolute Gasteiger partial charge is 0.451 e. The average Bonchev–Trinajstić information content (AvgIpc) is 2.04. The molecule has 0 spiro atoms. The lowest BCUT2D eigenvalue weighted by Crippen LogP contribution is -2.08. The van der Waals surface area contributed by atoms with Gasteiger partial charge in [0, 0.05) is 12.8 Å². The van der Waals surface area contributed by atoms with Crippen LogP contribution in [0, 0.1) is 0 Å². The Balaban J connectivity index is 3.27. The maximum Gasteiger partial charge on any atom is 0.232 e. The van der Waals surface area contributed by atoms with E-state index in [1.807, 2.05) is 13.8 Å². The second kappa shape index (κ2) is 6.49. The van der Waals surface area contributed by atoms with Crippen LogP contribution in [0.2, 0.25) is 0 Å². The molecule has 64 valence electrons. The summed E-state index contributed by atoms with van der Waals surface area (Å²) in [6, 6.07) is 0. The number of rotatable bonds is 4. The third-order valence-electron chi connectivity index (χ3n) is 1.02. The van der Waals surface area contributed by atoms with Crippen molar-refractivity contribution in [2.45, 2.75) is 26.7 Å². The molecule has 0 aromatic heterocycles. The molecule has 0 saturated heterocycles. The van der Waals surface area contributed by atoms with Crippen molar-refractivity contribution in [1.29, 1.82) is 0 Å². The fourth-order valence-electron chi connectivity index (χ4n) is 0.365. The van der Waals surface area contributed by atoms with Crippen molar-refractivity contribution in [3.63, 3.8) is 0 Å². The van der Waals surface area contributed by atoms with Crippen molar-refractivity contribution in [3.8, 4) is 0 Å². The lowest BCUT2D eigenvalue weighted by atomic mass is 10.5. The molecule has 0 aliphatic heterocycles. The van der Waals surface area contributed by atoms with Crippen molar-refractivity contribution in [1.82, 2.24) is 0 Å². The summed E-state index contributed by atoms with van der Waals surface area (Å²) in [7, 11) is 0. The lowest BCUT2D eigenvalue weighted by molar-refractivity contribution is 0.101. The van der Waals surface area contributed by atoms with Crippen molar-refractivity contribution in [3.05, 3.63) is 0 Å². The Morgan fingerprint density at radius 3 is 1.64 bits per heavy atom. The molecule has 0 aliphatic carbocycles. The van der Waals surface area contributed by atoms with E-state index in [4.69, 9.17) is 33.9 Å². The van der Waals surface area contributed by atoms with Crippen molar-refractivity contribution >= 4 is 34.5 Å². The summed E-state index contributed by atoms with van der Waals surface area (Å²) >= 11 is 9.60. The van der Waals surface area contributed by atoms with Crippen LogP contribution in [0.15, 0.2) is 0 Å².